The monoisotopic (exact) mass is 324 g/mol. The minimum Gasteiger partial charge on any atom is -0.399 e. The highest BCUT2D eigenvalue weighted by atomic mass is 16.2. The third-order valence-electron chi connectivity index (χ3n) is 3.69. The molecule has 1 aliphatic rings. The molecule has 0 spiro atoms. The largest absolute Gasteiger partial charge is 0.399 e. The number of amides is 3. The Bertz CT molecular complexity index is 774. The SMILES string of the molecule is Nc1ccc(C(=O)NN[C@H]2CC(=O)N(c3ccccc3)C2=O)cc1. The molecule has 4 N–H and O–H groups in total. The number of nitrogens with zero attached hydrogens (tertiary/aromatic N) is 1. The number of nitrogen functional groups attached to an aromatic ring is 1. The van der Waals surface area contributed by atoms with Crippen molar-refractivity contribution in [3.05, 3.63) is 60.2 Å². The van der Waals surface area contributed by atoms with E-state index in [0.717, 1.165) is 4.90 Å². The fourth-order valence-corrected chi connectivity index (χ4v) is 2.45. The molecule has 1 atom stereocenters. The quantitative estimate of drug-likeness (QED) is 0.439. The van der Waals surface area contributed by atoms with Crippen LogP contribution in [-0.2, 0) is 9.59 Å². The lowest BCUT2D eigenvalue weighted by Gasteiger charge is -2.15. The number of benzene rings is 2. The Labute approximate surface area is 138 Å². The van der Waals surface area contributed by atoms with Gasteiger partial charge < -0.3 is 5.73 Å². The van der Waals surface area contributed by atoms with Gasteiger partial charge in [-0.1, -0.05) is 18.2 Å². The summed E-state index contributed by atoms with van der Waals surface area (Å²) in [5.74, 6) is -1.12. The molecule has 24 heavy (non-hydrogen) atoms. The van der Waals surface area contributed by atoms with Gasteiger partial charge in [-0.3, -0.25) is 19.8 Å². The van der Waals surface area contributed by atoms with Crippen molar-refractivity contribution in [2.45, 2.75) is 12.5 Å². The number of carbonyl (C=O) groups is 3. The number of rotatable bonds is 4. The highest BCUT2D eigenvalue weighted by molar-refractivity contribution is 6.22. The summed E-state index contributed by atoms with van der Waals surface area (Å²) < 4.78 is 0. The van der Waals surface area contributed by atoms with Crippen molar-refractivity contribution in [2.24, 2.45) is 0 Å². The normalized spacial score (nSPS) is 17.2. The van der Waals surface area contributed by atoms with Crippen LogP contribution in [0.15, 0.2) is 54.6 Å². The fourth-order valence-electron chi connectivity index (χ4n) is 2.45. The number of nitrogens with two attached hydrogens (primary N) is 1. The molecule has 2 aromatic rings. The van der Waals surface area contributed by atoms with E-state index < -0.39 is 17.9 Å². The lowest BCUT2D eigenvalue weighted by atomic mass is 10.2. The maximum absolute atomic E-state index is 12.4. The predicted octanol–water partition coefficient (Wildman–Crippen LogP) is 0.835. The smallest absolute Gasteiger partial charge is 0.265 e. The van der Waals surface area contributed by atoms with Gasteiger partial charge in [0.15, 0.2) is 0 Å². The molecule has 1 aliphatic heterocycles. The second-order valence-corrected chi connectivity index (χ2v) is 5.38. The van der Waals surface area contributed by atoms with E-state index in [0.29, 0.717) is 16.9 Å². The van der Waals surface area contributed by atoms with E-state index in [1.165, 1.54) is 0 Å². The van der Waals surface area contributed by atoms with Crippen LogP contribution >= 0.6 is 0 Å². The minimum atomic E-state index is -0.796. The van der Waals surface area contributed by atoms with Gasteiger partial charge in [0.2, 0.25) is 5.91 Å². The van der Waals surface area contributed by atoms with E-state index >= 15 is 0 Å². The molecule has 0 aliphatic carbocycles. The maximum Gasteiger partial charge on any atom is 0.265 e. The van der Waals surface area contributed by atoms with Crippen LogP contribution in [0.2, 0.25) is 0 Å². The Kier molecular flexibility index (Phi) is 4.26. The number of nitrogens with one attached hydrogen (secondary N) is 2. The Morgan fingerprint density at radius 2 is 1.71 bits per heavy atom. The summed E-state index contributed by atoms with van der Waals surface area (Å²) in [6.07, 6.45) is -0.0181. The fraction of sp³-hybridized carbons (Fsp3) is 0.118. The van der Waals surface area contributed by atoms with E-state index in [2.05, 4.69) is 10.9 Å². The predicted molar refractivity (Wildman–Crippen MR) is 88.8 cm³/mol. The van der Waals surface area contributed by atoms with Gasteiger partial charge in [0.05, 0.1) is 12.1 Å². The van der Waals surface area contributed by atoms with Crippen molar-refractivity contribution in [1.82, 2.24) is 10.9 Å². The first-order chi connectivity index (χ1) is 11.6. The standard InChI is InChI=1S/C17H16N4O3/c18-12-8-6-11(7-9-12)16(23)20-19-14-10-15(22)21(17(14)24)13-4-2-1-3-5-13/h1-9,14,19H,10,18H2,(H,20,23)/t14-/m0/s1. The molecule has 3 amide bonds. The van der Waals surface area contributed by atoms with Crippen LogP contribution in [0.3, 0.4) is 0 Å². The molecule has 122 valence electrons. The van der Waals surface area contributed by atoms with Crippen LogP contribution in [0.25, 0.3) is 0 Å². The Hall–Kier alpha value is -3.19. The third kappa shape index (κ3) is 3.11. The van der Waals surface area contributed by atoms with Crippen LogP contribution in [0.4, 0.5) is 11.4 Å². The average molecular weight is 324 g/mol. The molecular formula is C17H16N4O3. The highest BCUT2D eigenvalue weighted by Crippen LogP contribution is 2.22. The van der Waals surface area contributed by atoms with Gasteiger partial charge in [-0.15, -0.1) is 0 Å². The van der Waals surface area contributed by atoms with Gasteiger partial charge in [-0.05, 0) is 36.4 Å². The first-order valence-corrected chi connectivity index (χ1v) is 7.39. The van der Waals surface area contributed by atoms with Crippen molar-refractivity contribution in [2.75, 3.05) is 10.6 Å². The number of anilines is 2. The lowest BCUT2D eigenvalue weighted by Crippen LogP contribution is -2.48. The highest BCUT2D eigenvalue weighted by Gasteiger charge is 2.39. The molecule has 7 heteroatoms. The number of carbonyl (C=O) groups excluding carboxylic acids is 3. The zero-order valence-corrected chi connectivity index (χ0v) is 12.7. The summed E-state index contributed by atoms with van der Waals surface area (Å²) >= 11 is 0. The Morgan fingerprint density at radius 3 is 2.38 bits per heavy atom. The molecule has 0 saturated carbocycles. The van der Waals surface area contributed by atoms with Crippen LogP contribution < -0.4 is 21.5 Å². The van der Waals surface area contributed by atoms with Gasteiger partial charge in [0, 0.05) is 11.3 Å². The summed E-state index contributed by atoms with van der Waals surface area (Å²) in [5.41, 5.74) is 12.1. The maximum atomic E-state index is 12.4. The molecule has 3 rings (SSSR count). The van der Waals surface area contributed by atoms with Gasteiger partial charge in [-0.25, -0.2) is 10.3 Å². The Balaban J connectivity index is 1.64. The number of para-hydroxylation sites is 1. The number of hydrogen-bond acceptors (Lipinski definition) is 5. The topological polar surface area (TPSA) is 105 Å². The molecule has 0 unspecified atom stereocenters. The zero-order valence-electron chi connectivity index (χ0n) is 12.7. The van der Waals surface area contributed by atoms with Crippen LogP contribution in [-0.4, -0.2) is 23.8 Å². The lowest BCUT2D eigenvalue weighted by molar-refractivity contribution is -0.121. The minimum absolute atomic E-state index is 0.0181. The zero-order chi connectivity index (χ0) is 17.1. The van der Waals surface area contributed by atoms with E-state index in [1.54, 1.807) is 54.6 Å². The van der Waals surface area contributed by atoms with Crippen LogP contribution in [0.5, 0.6) is 0 Å². The summed E-state index contributed by atoms with van der Waals surface area (Å²) in [5, 5.41) is 0. The van der Waals surface area contributed by atoms with E-state index in [-0.39, 0.29) is 12.3 Å². The van der Waals surface area contributed by atoms with E-state index in [9.17, 15) is 14.4 Å². The second kappa shape index (κ2) is 6.51. The van der Waals surface area contributed by atoms with Crippen LogP contribution in [0.1, 0.15) is 16.8 Å². The second-order valence-electron chi connectivity index (χ2n) is 5.38. The first-order valence-electron chi connectivity index (χ1n) is 7.39. The number of hydrogen-bond donors (Lipinski definition) is 3. The first kappa shape index (κ1) is 15.7. The molecular weight excluding hydrogens is 308 g/mol. The van der Waals surface area contributed by atoms with Crippen molar-refractivity contribution >= 4 is 29.1 Å². The summed E-state index contributed by atoms with van der Waals surface area (Å²) in [6.45, 7) is 0. The number of hydrazine groups is 1. The molecule has 0 bridgehead atoms. The number of imide groups is 1. The van der Waals surface area contributed by atoms with Crippen LogP contribution in [0, 0.1) is 0 Å². The van der Waals surface area contributed by atoms with E-state index in [1.807, 2.05) is 0 Å². The van der Waals surface area contributed by atoms with Gasteiger partial charge in [0.25, 0.3) is 11.8 Å². The van der Waals surface area contributed by atoms with Crippen molar-refractivity contribution < 1.29 is 14.4 Å². The summed E-state index contributed by atoms with van der Waals surface area (Å²) in [7, 11) is 0. The molecule has 7 nitrogen and oxygen atoms in total. The van der Waals surface area contributed by atoms with Crippen molar-refractivity contribution in [1.29, 1.82) is 0 Å². The van der Waals surface area contributed by atoms with Crippen molar-refractivity contribution in [3.63, 3.8) is 0 Å². The third-order valence-corrected chi connectivity index (χ3v) is 3.69. The molecule has 1 heterocycles. The Morgan fingerprint density at radius 1 is 1.04 bits per heavy atom. The molecule has 1 saturated heterocycles. The summed E-state index contributed by atoms with van der Waals surface area (Å²) in [4.78, 5) is 37.6. The molecule has 0 radical (unpaired) electrons. The van der Waals surface area contributed by atoms with Gasteiger partial charge >= 0.3 is 0 Å². The molecule has 2 aromatic carbocycles. The van der Waals surface area contributed by atoms with E-state index in [4.69, 9.17) is 5.73 Å². The van der Waals surface area contributed by atoms with Crippen molar-refractivity contribution in [3.8, 4) is 0 Å². The summed E-state index contributed by atoms with van der Waals surface area (Å²) in [6, 6.07) is 14.2. The molecule has 0 aromatic heterocycles. The average Bonchev–Trinajstić information content (AvgIpc) is 2.88. The molecule has 1 fully saturated rings. The van der Waals surface area contributed by atoms with Gasteiger partial charge in [-0.2, -0.15) is 0 Å². The van der Waals surface area contributed by atoms with Gasteiger partial charge in [0.1, 0.15) is 6.04 Å².